The first-order valence-electron chi connectivity index (χ1n) is 6.37. The van der Waals surface area contributed by atoms with E-state index in [0.29, 0.717) is 6.61 Å². The molecule has 0 aliphatic carbocycles. The summed E-state index contributed by atoms with van der Waals surface area (Å²) >= 11 is 5.25. The zero-order valence-corrected chi connectivity index (χ0v) is 13.7. The lowest BCUT2D eigenvalue weighted by molar-refractivity contribution is 0.199. The second kappa shape index (κ2) is 8.42. The summed E-state index contributed by atoms with van der Waals surface area (Å²) in [5.41, 5.74) is 1.20. The summed E-state index contributed by atoms with van der Waals surface area (Å²) in [5.74, 6) is 0. The van der Waals surface area contributed by atoms with Crippen molar-refractivity contribution in [3.63, 3.8) is 0 Å². The minimum Gasteiger partial charge on any atom is -0.383 e. The van der Waals surface area contributed by atoms with E-state index >= 15 is 0 Å². The summed E-state index contributed by atoms with van der Waals surface area (Å²) in [6.07, 6.45) is 1.83. The van der Waals surface area contributed by atoms with Gasteiger partial charge in [0, 0.05) is 35.8 Å². The summed E-state index contributed by atoms with van der Waals surface area (Å²) in [6.45, 7) is 2.35. The lowest BCUT2D eigenvalue weighted by Gasteiger charge is -2.10. The van der Waals surface area contributed by atoms with Crippen molar-refractivity contribution in [3.8, 4) is 0 Å². The largest absolute Gasteiger partial charge is 0.383 e. The average molecular weight is 353 g/mol. The van der Waals surface area contributed by atoms with Crippen LogP contribution in [0.5, 0.6) is 0 Å². The van der Waals surface area contributed by atoms with E-state index in [9.17, 15) is 0 Å². The first kappa shape index (κ1) is 15.5. The van der Waals surface area contributed by atoms with E-state index in [0.717, 1.165) is 22.6 Å². The molecule has 0 spiro atoms. The average Bonchev–Trinajstić information content (AvgIpc) is 2.47. The van der Waals surface area contributed by atoms with Gasteiger partial charge in [-0.25, -0.2) is 4.98 Å². The number of nitrogens with one attached hydrogen (secondary N) is 1. The minimum absolute atomic E-state index is 0.715. The summed E-state index contributed by atoms with van der Waals surface area (Å²) in [5, 5.41) is 4.39. The number of pyridine rings is 1. The van der Waals surface area contributed by atoms with Crippen molar-refractivity contribution in [2.45, 2.75) is 16.5 Å². The van der Waals surface area contributed by atoms with Crippen LogP contribution in [-0.4, -0.2) is 25.2 Å². The molecule has 2 rings (SSSR count). The Balaban J connectivity index is 2.06. The van der Waals surface area contributed by atoms with Crippen molar-refractivity contribution in [3.05, 3.63) is 52.6 Å². The molecule has 0 atom stereocenters. The maximum Gasteiger partial charge on any atom is 0.105 e. The second-order valence-corrected chi connectivity index (χ2v) is 6.05. The van der Waals surface area contributed by atoms with E-state index < -0.39 is 0 Å². The molecule has 1 aromatic heterocycles. The third-order valence-electron chi connectivity index (χ3n) is 2.69. The second-order valence-electron chi connectivity index (χ2n) is 4.17. The number of methoxy groups -OCH3 is 1. The SMILES string of the molecule is COCCNCc1cccnc1Sc1ccccc1Br. The fourth-order valence-corrected chi connectivity index (χ4v) is 3.11. The van der Waals surface area contributed by atoms with Gasteiger partial charge in [0.1, 0.15) is 5.03 Å². The molecule has 2 aromatic rings. The van der Waals surface area contributed by atoms with Crippen LogP contribution in [0.2, 0.25) is 0 Å². The lowest BCUT2D eigenvalue weighted by Crippen LogP contribution is -2.19. The van der Waals surface area contributed by atoms with Gasteiger partial charge >= 0.3 is 0 Å². The fraction of sp³-hybridized carbons (Fsp3) is 0.267. The van der Waals surface area contributed by atoms with Crippen molar-refractivity contribution < 1.29 is 4.74 Å². The number of halogens is 1. The standard InChI is InChI=1S/C15H17BrN2OS/c1-19-10-9-17-11-12-5-4-8-18-15(12)20-14-7-3-2-6-13(14)16/h2-8,17H,9-11H2,1H3. The van der Waals surface area contributed by atoms with E-state index in [-0.39, 0.29) is 0 Å². The summed E-state index contributed by atoms with van der Waals surface area (Å²) < 4.78 is 6.12. The number of hydrogen-bond acceptors (Lipinski definition) is 4. The van der Waals surface area contributed by atoms with Gasteiger partial charge in [-0.2, -0.15) is 0 Å². The van der Waals surface area contributed by atoms with E-state index in [1.165, 1.54) is 10.5 Å². The first-order valence-corrected chi connectivity index (χ1v) is 7.98. The Morgan fingerprint density at radius 3 is 2.90 bits per heavy atom. The Labute approximate surface area is 132 Å². The highest BCUT2D eigenvalue weighted by atomic mass is 79.9. The molecule has 0 fully saturated rings. The van der Waals surface area contributed by atoms with Crippen LogP contribution in [0.1, 0.15) is 5.56 Å². The Bertz CT molecular complexity index is 551. The fourth-order valence-electron chi connectivity index (χ4n) is 1.68. The van der Waals surface area contributed by atoms with Crippen molar-refractivity contribution in [2.75, 3.05) is 20.3 Å². The summed E-state index contributed by atoms with van der Waals surface area (Å²) in [6, 6.07) is 12.3. The Kier molecular flexibility index (Phi) is 6.53. The van der Waals surface area contributed by atoms with E-state index in [4.69, 9.17) is 4.74 Å². The Morgan fingerprint density at radius 1 is 1.25 bits per heavy atom. The van der Waals surface area contributed by atoms with Gasteiger partial charge in [0.2, 0.25) is 0 Å². The molecular formula is C15H17BrN2OS. The predicted octanol–water partition coefficient (Wildman–Crippen LogP) is 3.73. The highest BCUT2D eigenvalue weighted by Crippen LogP contribution is 2.33. The molecule has 0 saturated carbocycles. The third-order valence-corrected chi connectivity index (χ3v) is 4.78. The molecule has 0 bridgehead atoms. The highest BCUT2D eigenvalue weighted by molar-refractivity contribution is 9.10. The molecule has 1 heterocycles. The van der Waals surface area contributed by atoms with Crippen molar-refractivity contribution in [1.29, 1.82) is 0 Å². The number of rotatable bonds is 7. The molecule has 0 radical (unpaired) electrons. The van der Waals surface area contributed by atoms with Gasteiger partial charge in [0.15, 0.2) is 0 Å². The molecule has 3 nitrogen and oxygen atoms in total. The molecule has 1 N–H and O–H groups in total. The lowest BCUT2D eigenvalue weighted by atomic mass is 10.3. The van der Waals surface area contributed by atoms with Gasteiger partial charge in [-0.05, 0) is 39.7 Å². The van der Waals surface area contributed by atoms with Crippen molar-refractivity contribution in [2.24, 2.45) is 0 Å². The van der Waals surface area contributed by atoms with Crippen molar-refractivity contribution in [1.82, 2.24) is 10.3 Å². The van der Waals surface area contributed by atoms with Crippen LogP contribution in [0, 0.1) is 0 Å². The van der Waals surface area contributed by atoms with Gasteiger partial charge in [-0.15, -0.1) is 0 Å². The Hall–Kier alpha value is -0.880. The number of hydrogen-bond donors (Lipinski definition) is 1. The summed E-state index contributed by atoms with van der Waals surface area (Å²) in [4.78, 5) is 5.66. The number of benzene rings is 1. The Morgan fingerprint density at radius 2 is 2.10 bits per heavy atom. The van der Waals surface area contributed by atoms with E-state index in [1.54, 1.807) is 18.9 Å². The van der Waals surface area contributed by atoms with Gasteiger partial charge in [-0.3, -0.25) is 0 Å². The molecule has 0 unspecified atom stereocenters. The number of ether oxygens (including phenoxy) is 1. The summed E-state index contributed by atoms with van der Waals surface area (Å²) in [7, 11) is 1.71. The molecule has 5 heteroatoms. The van der Waals surface area contributed by atoms with Gasteiger partial charge in [0.05, 0.1) is 6.61 Å². The van der Waals surface area contributed by atoms with Crippen LogP contribution < -0.4 is 5.32 Å². The predicted molar refractivity (Wildman–Crippen MR) is 86.1 cm³/mol. The molecule has 0 aliphatic heterocycles. The highest BCUT2D eigenvalue weighted by Gasteiger charge is 2.07. The monoisotopic (exact) mass is 352 g/mol. The molecule has 0 amide bonds. The van der Waals surface area contributed by atoms with Crippen LogP contribution in [0.3, 0.4) is 0 Å². The third kappa shape index (κ3) is 4.59. The van der Waals surface area contributed by atoms with E-state index in [2.05, 4.69) is 38.4 Å². The molecule has 0 aliphatic rings. The van der Waals surface area contributed by atoms with Crippen LogP contribution in [0.4, 0.5) is 0 Å². The van der Waals surface area contributed by atoms with Crippen LogP contribution in [0.15, 0.2) is 57.0 Å². The molecule has 106 valence electrons. The van der Waals surface area contributed by atoms with Gasteiger partial charge in [0.25, 0.3) is 0 Å². The first-order chi connectivity index (χ1) is 9.81. The van der Waals surface area contributed by atoms with Crippen LogP contribution in [0.25, 0.3) is 0 Å². The smallest absolute Gasteiger partial charge is 0.105 e. The van der Waals surface area contributed by atoms with Crippen LogP contribution >= 0.6 is 27.7 Å². The topological polar surface area (TPSA) is 34.1 Å². The van der Waals surface area contributed by atoms with E-state index in [1.807, 2.05) is 30.5 Å². The number of nitrogens with zero attached hydrogens (tertiary/aromatic N) is 1. The molecule has 0 saturated heterocycles. The minimum atomic E-state index is 0.715. The quantitative estimate of drug-likeness (QED) is 0.769. The van der Waals surface area contributed by atoms with Crippen molar-refractivity contribution >= 4 is 27.7 Å². The van der Waals surface area contributed by atoms with Crippen LogP contribution in [-0.2, 0) is 11.3 Å². The maximum atomic E-state index is 5.03. The normalized spacial score (nSPS) is 10.7. The zero-order chi connectivity index (χ0) is 14.2. The van der Waals surface area contributed by atoms with Gasteiger partial charge < -0.3 is 10.1 Å². The maximum absolute atomic E-state index is 5.03. The zero-order valence-electron chi connectivity index (χ0n) is 11.3. The number of aromatic nitrogens is 1. The molecule has 1 aromatic carbocycles. The van der Waals surface area contributed by atoms with Gasteiger partial charge in [-0.1, -0.05) is 30.0 Å². The molecule has 20 heavy (non-hydrogen) atoms. The molecular weight excluding hydrogens is 336 g/mol.